The van der Waals surface area contributed by atoms with Crippen LogP contribution in [0.4, 0.5) is 0 Å². The first kappa shape index (κ1) is 27.8. The zero-order chi connectivity index (χ0) is 25.3. The number of amides is 2. The SMILES string of the molecule is CCCCNC(=O)[C@H](CC)N(Cc1ccc(Cl)cc1)C(=O)CN(C)S(=O)(=O)c1ccc(C)cc1. The molecule has 0 saturated heterocycles. The molecule has 0 saturated carbocycles. The molecule has 0 unspecified atom stereocenters. The quantitative estimate of drug-likeness (QED) is 0.440. The number of aryl methyl sites for hydroxylation is 1. The van der Waals surface area contributed by atoms with Gasteiger partial charge >= 0.3 is 0 Å². The van der Waals surface area contributed by atoms with Gasteiger partial charge in [-0.2, -0.15) is 4.31 Å². The maximum Gasteiger partial charge on any atom is 0.243 e. The van der Waals surface area contributed by atoms with E-state index >= 15 is 0 Å². The van der Waals surface area contributed by atoms with Crippen LogP contribution in [0.1, 0.15) is 44.2 Å². The van der Waals surface area contributed by atoms with Crippen molar-refractivity contribution >= 4 is 33.4 Å². The molecule has 0 aliphatic carbocycles. The van der Waals surface area contributed by atoms with E-state index in [1.54, 1.807) is 36.4 Å². The van der Waals surface area contributed by atoms with E-state index in [-0.39, 0.29) is 23.9 Å². The Kier molecular flexibility index (Phi) is 10.5. The van der Waals surface area contributed by atoms with Crippen molar-refractivity contribution in [1.82, 2.24) is 14.5 Å². The number of hydrogen-bond donors (Lipinski definition) is 1. The average Bonchev–Trinajstić information content (AvgIpc) is 2.80. The third kappa shape index (κ3) is 7.55. The maximum absolute atomic E-state index is 13.4. The number of benzene rings is 2. The molecular weight excluding hydrogens is 474 g/mol. The molecule has 2 aromatic carbocycles. The normalized spacial score (nSPS) is 12.4. The summed E-state index contributed by atoms with van der Waals surface area (Å²) < 4.78 is 27.0. The Hall–Kier alpha value is -2.42. The Bertz CT molecular complexity index is 1060. The van der Waals surface area contributed by atoms with Gasteiger partial charge in [0.2, 0.25) is 21.8 Å². The zero-order valence-corrected chi connectivity index (χ0v) is 21.8. The van der Waals surface area contributed by atoms with Crippen molar-refractivity contribution in [2.75, 3.05) is 20.1 Å². The summed E-state index contributed by atoms with van der Waals surface area (Å²) in [5.41, 5.74) is 1.73. The van der Waals surface area contributed by atoms with Crippen molar-refractivity contribution in [1.29, 1.82) is 0 Å². The van der Waals surface area contributed by atoms with E-state index in [0.29, 0.717) is 18.0 Å². The predicted octanol–water partition coefficient (Wildman–Crippen LogP) is 3.99. The van der Waals surface area contributed by atoms with Gasteiger partial charge in [-0.05, 0) is 49.6 Å². The van der Waals surface area contributed by atoms with Gasteiger partial charge in [-0.15, -0.1) is 0 Å². The molecule has 0 aliphatic heterocycles. The lowest BCUT2D eigenvalue weighted by atomic mass is 10.1. The molecule has 2 aromatic rings. The molecule has 7 nitrogen and oxygen atoms in total. The largest absolute Gasteiger partial charge is 0.354 e. The molecule has 9 heteroatoms. The molecule has 1 atom stereocenters. The van der Waals surface area contributed by atoms with Gasteiger partial charge in [-0.25, -0.2) is 8.42 Å². The molecule has 34 heavy (non-hydrogen) atoms. The first-order valence-electron chi connectivity index (χ1n) is 11.4. The van der Waals surface area contributed by atoms with Crippen molar-refractivity contribution in [2.45, 2.75) is 57.5 Å². The van der Waals surface area contributed by atoms with Crippen LogP contribution in [0, 0.1) is 6.92 Å². The van der Waals surface area contributed by atoms with Crippen LogP contribution in [0.2, 0.25) is 5.02 Å². The highest BCUT2D eigenvalue weighted by Crippen LogP contribution is 2.18. The Balaban J connectivity index is 2.28. The van der Waals surface area contributed by atoms with E-state index in [1.807, 2.05) is 20.8 Å². The summed E-state index contributed by atoms with van der Waals surface area (Å²) in [7, 11) is -2.49. The van der Waals surface area contributed by atoms with Gasteiger partial charge in [0.05, 0.1) is 11.4 Å². The van der Waals surface area contributed by atoms with Gasteiger partial charge in [0.15, 0.2) is 0 Å². The van der Waals surface area contributed by atoms with E-state index in [2.05, 4.69) is 5.32 Å². The van der Waals surface area contributed by atoms with Crippen LogP contribution in [0.25, 0.3) is 0 Å². The van der Waals surface area contributed by atoms with E-state index in [1.165, 1.54) is 24.1 Å². The summed E-state index contributed by atoms with van der Waals surface area (Å²) in [4.78, 5) is 27.9. The Labute approximate surface area is 208 Å². The number of sulfonamides is 1. The number of hydrogen-bond acceptors (Lipinski definition) is 4. The molecule has 186 valence electrons. The molecule has 0 aromatic heterocycles. The summed E-state index contributed by atoms with van der Waals surface area (Å²) in [6.45, 7) is 6.03. The summed E-state index contributed by atoms with van der Waals surface area (Å²) in [5, 5.41) is 3.46. The van der Waals surface area contributed by atoms with Crippen LogP contribution in [0.3, 0.4) is 0 Å². The number of halogens is 1. The lowest BCUT2D eigenvalue weighted by Crippen LogP contribution is -2.51. The fraction of sp³-hybridized carbons (Fsp3) is 0.440. The summed E-state index contributed by atoms with van der Waals surface area (Å²) in [5.74, 6) is -0.701. The number of nitrogens with zero attached hydrogens (tertiary/aromatic N) is 2. The molecule has 0 spiro atoms. The highest BCUT2D eigenvalue weighted by atomic mass is 35.5. The molecule has 0 aliphatic rings. The molecule has 2 rings (SSSR count). The van der Waals surface area contributed by atoms with E-state index in [0.717, 1.165) is 28.3 Å². The molecular formula is C25H34ClN3O4S. The molecule has 0 bridgehead atoms. The number of carbonyl (C=O) groups is 2. The standard InChI is InChI=1S/C25H34ClN3O4S/c1-5-7-16-27-25(31)23(6-2)29(17-20-10-12-21(26)13-11-20)24(30)18-28(4)34(32,33)22-14-8-19(3)9-15-22/h8-15,23H,5-7,16-18H2,1-4H3,(H,27,31)/t23-/m0/s1. The van der Waals surface area contributed by atoms with Crippen LogP contribution in [0.15, 0.2) is 53.4 Å². The van der Waals surface area contributed by atoms with Gasteiger partial charge in [0.1, 0.15) is 6.04 Å². The van der Waals surface area contributed by atoms with Gasteiger partial charge in [-0.1, -0.05) is 61.7 Å². The predicted molar refractivity (Wildman–Crippen MR) is 135 cm³/mol. The van der Waals surface area contributed by atoms with E-state index in [4.69, 9.17) is 11.6 Å². The van der Waals surface area contributed by atoms with Crippen molar-refractivity contribution in [3.63, 3.8) is 0 Å². The fourth-order valence-corrected chi connectivity index (χ4v) is 4.71. The fourth-order valence-electron chi connectivity index (χ4n) is 3.47. The number of unbranched alkanes of at least 4 members (excludes halogenated alkanes) is 1. The van der Waals surface area contributed by atoms with Crippen LogP contribution >= 0.6 is 11.6 Å². The molecule has 0 fully saturated rings. The minimum absolute atomic E-state index is 0.113. The Morgan fingerprint density at radius 1 is 1.03 bits per heavy atom. The van der Waals surface area contributed by atoms with Crippen molar-refractivity contribution in [2.24, 2.45) is 0 Å². The first-order valence-corrected chi connectivity index (χ1v) is 13.3. The number of carbonyl (C=O) groups excluding carboxylic acids is 2. The topological polar surface area (TPSA) is 86.8 Å². The Morgan fingerprint density at radius 2 is 1.65 bits per heavy atom. The van der Waals surface area contributed by atoms with E-state index < -0.39 is 22.0 Å². The van der Waals surface area contributed by atoms with Crippen LogP contribution in [0.5, 0.6) is 0 Å². The number of likely N-dealkylation sites (N-methyl/N-ethyl adjacent to an activating group) is 1. The first-order chi connectivity index (χ1) is 16.1. The molecule has 0 heterocycles. The minimum Gasteiger partial charge on any atom is -0.354 e. The second-order valence-corrected chi connectivity index (χ2v) is 10.8. The highest BCUT2D eigenvalue weighted by molar-refractivity contribution is 7.89. The highest BCUT2D eigenvalue weighted by Gasteiger charge is 2.31. The minimum atomic E-state index is -3.87. The summed E-state index contributed by atoms with van der Waals surface area (Å²) >= 11 is 5.99. The second-order valence-electron chi connectivity index (χ2n) is 8.29. The van der Waals surface area contributed by atoms with Gasteiger partial charge < -0.3 is 10.2 Å². The maximum atomic E-state index is 13.4. The smallest absolute Gasteiger partial charge is 0.243 e. The van der Waals surface area contributed by atoms with Gasteiger partial charge in [-0.3, -0.25) is 9.59 Å². The van der Waals surface area contributed by atoms with Gasteiger partial charge in [0, 0.05) is 25.2 Å². The number of nitrogens with one attached hydrogen (secondary N) is 1. The zero-order valence-electron chi connectivity index (χ0n) is 20.3. The van der Waals surface area contributed by atoms with Crippen molar-refractivity contribution in [3.05, 3.63) is 64.7 Å². The third-order valence-electron chi connectivity index (χ3n) is 5.57. The lowest BCUT2D eigenvalue weighted by molar-refractivity contribution is -0.141. The summed E-state index contributed by atoms with van der Waals surface area (Å²) in [6.07, 6.45) is 2.17. The number of rotatable bonds is 12. The Morgan fingerprint density at radius 3 is 2.21 bits per heavy atom. The monoisotopic (exact) mass is 507 g/mol. The van der Waals surface area contributed by atoms with Crippen molar-refractivity contribution in [3.8, 4) is 0 Å². The van der Waals surface area contributed by atoms with E-state index in [9.17, 15) is 18.0 Å². The average molecular weight is 508 g/mol. The molecule has 1 N–H and O–H groups in total. The third-order valence-corrected chi connectivity index (χ3v) is 7.64. The van der Waals surface area contributed by atoms with Gasteiger partial charge in [0.25, 0.3) is 0 Å². The molecule has 0 radical (unpaired) electrons. The van der Waals surface area contributed by atoms with Crippen LogP contribution < -0.4 is 5.32 Å². The van der Waals surface area contributed by atoms with Crippen LogP contribution in [-0.2, 0) is 26.2 Å². The van der Waals surface area contributed by atoms with Crippen molar-refractivity contribution < 1.29 is 18.0 Å². The lowest BCUT2D eigenvalue weighted by Gasteiger charge is -2.32. The second kappa shape index (κ2) is 12.9. The summed E-state index contributed by atoms with van der Waals surface area (Å²) in [6, 6.07) is 12.8. The van der Waals surface area contributed by atoms with Crippen LogP contribution in [-0.4, -0.2) is 55.6 Å². The molecule has 2 amide bonds.